The zero-order valence-corrected chi connectivity index (χ0v) is 14.2. The minimum atomic E-state index is -4.38. The third-order valence-corrected chi connectivity index (χ3v) is 3.39. The Balaban J connectivity index is 1.95. The molecule has 0 atom stereocenters. The standard InChI is InChI=1S/C18H18F3NO4/c1-24-15-7-13(8-16(9-15)25-2)17(23)22-10-12-3-5-14(6-4-12)26-11-18(19,20)21/h3-9H,10-11H2,1-2H3,(H,22,23). The molecule has 2 rings (SSSR count). The molecule has 0 saturated carbocycles. The van der Waals surface area contributed by atoms with Gasteiger partial charge in [0, 0.05) is 18.2 Å². The van der Waals surface area contributed by atoms with Gasteiger partial charge in [0.1, 0.15) is 17.2 Å². The molecule has 0 spiro atoms. The predicted molar refractivity (Wildman–Crippen MR) is 88.7 cm³/mol. The predicted octanol–water partition coefficient (Wildman–Crippen LogP) is 3.57. The van der Waals surface area contributed by atoms with Gasteiger partial charge in [-0.25, -0.2) is 0 Å². The van der Waals surface area contributed by atoms with Crippen LogP contribution in [0.5, 0.6) is 17.2 Å². The van der Waals surface area contributed by atoms with Gasteiger partial charge >= 0.3 is 6.18 Å². The maximum atomic E-state index is 12.3. The van der Waals surface area contributed by atoms with Gasteiger partial charge in [0.25, 0.3) is 5.91 Å². The Morgan fingerprint density at radius 2 is 1.54 bits per heavy atom. The Kier molecular flexibility index (Phi) is 6.32. The van der Waals surface area contributed by atoms with Crippen LogP contribution in [0, 0.1) is 0 Å². The highest BCUT2D eigenvalue weighted by Crippen LogP contribution is 2.22. The summed E-state index contributed by atoms with van der Waals surface area (Å²) in [7, 11) is 2.97. The summed E-state index contributed by atoms with van der Waals surface area (Å²) < 4.78 is 51.2. The van der Waals surface area contributed by atoms with E-state index >= 15 is 0 Å². The highest BCUT2D eigenvalue weighted by Gasteiger charge is 2.28. The Bertz CT molecular complexity index is 723. The van der Waals surface area contributed by atoms with E-state index < -0.39 is 12.8 Å². The largest absolute Gasteiger partial charge is 0.497 e. The molecule has 0 aliphatic rings. The van der Waals surface area contributed by atoms with Crippen molar-refractivity contribution in [3.8, 4) is 17.2 Å². The fourth-order valence-corrected chi connectivity index (χ4v) is 2.09. The van der Waals surface area contributed by atoms with Crippen molar-refractivity contribution in [1.29, 1.82) is 0 Å². The molecule has 0 aliphatic heterocycles. The number of halogens is 3. The van der Waals surface area contributed by atoms with E-state index in [2.05, 4.69) is 10.1 Å². The highest BCUT2D eigenvalue weighted by atomic mass is 19.4. The van der Waals surface area contributed by atoms with Crippen LogP contribution in [0.4, 0.5) is 13.2 Å². The summed E-state index contributed by atoms with van der Waals surface area (Å²) >= 11 is 0. The Morgan fingerprint density at radius 1 is 0.962 bits per heavy atom. The van der Waals surface area contributed by atoms with Crippen LogP contribution in [0.1, 0.15) is 15.9 Å². The van der Waals surface area contributed by atoms with Gasteiger partial charge in [0.05, 0.1) is 14.2 Å². The van der Waals surface area contributed by atoms with E-state index in [0.29, 0.717) is 22.6 Å². The van der Waals surface area contributed by atoms with Gasteiger partial charge in [0.2, 0.25) is 0 Å². The summed E-state index contributed by atoms with van der Waals surface area (Å²) in [6.45, 7) is -1.14. The third kappa shape index (κ3) is 5.87. The van der Waals surface area contributed by atoms with Crippen molar-refractivity contribution >= 4 is 5.91 Å². The number of carbonyl (C=O) groups excluding carboxylic acids is 1. The first-order valence-corrected chi connectivity index (χ1v) is 7.60. The third-order valence-electron chi connectivity index (χ3n) is 3.39. The lowest BCUT2D eigenvalue weighted by Gasteiger charge is -2.11. The number of nitrogens with one attached hydrogen (secondary N) is 1. The van der Waals surface area contributed by atoms with Crippen LogP contribution < -0.4 is 19.5 Å². The monoisotopic (exact) mass is 369 g/mol. The molecule has 1 amide bonds. The van der Waals surface area contributed by atoms with Crippen molar-refractivity contribution in [2.24, 2.45) is 0 Å². The Hall–Kier alpha value is -2.90. The number of methoxy groups -OCH3 is 2. The summed E-state index contributed by atoms with van der Waals surface area (Å²) in [5.74, 6) is 0.746. The van der Waals surface area contributed by atoms with Crippen molar-refractivity contribution in [3.63, 3.8) is 0 Å². The number of carbonyl (C=O) groups is 1. The average molecular weight is 369 g/mol. The lowest BCUT2D eigenvalue weighted by Crippen LogP contribution is -2.23. The average Bonchev–Trinajstić information content (AvgIpc) is 2.64. The van der Waals surface area contributed by atoms with Crippen molar-refractivity contribution in [2.45, 2.75) is 12.7 Å². The van der Waals surface area contributed by atoms with E-state index in [4.69, 9.17) is 9.47 Å². The molecule has 2 aromatic carbocycles. The summed E-state index contributed by atoms with van der Waals surface area (Å²) in [4.78, 5) is 12.3. The maximum Gasteiger partial charge on any atom is 0.422 e. The zero-order valence-electron chi connectivity index (χ0n) is 14.2. The van der Waals surface area contributed by atoms with E-state index in [1.807, 2.05) is 0 Å². The lowest BCUT2D eigenvalue weighted by atomic mass is 10.1. The lowest BCUT2D eigenvalue weighted by molar-refractivity contribution is -0.153. The molecular weight excluding hydrogens is 351 g/mol. The normalized spacial score (nSPS) is 11.0. The van der Waals surface area contributed by atoms with E-state index in [0.717, 1.165) is 0 Å². The first-order chi connectivity index (χ1) is 12.3. The summed E-state index contributed by atoms with van der Waals surface area (Å²) in [6.07, 6.45) is -4.38. The van der Waals surface area contributed by atoms with Crippen molar-refractivity contribution < 1.29 is 32.2 Å². The minimum Gasteiger partial charge on any atom is -0.497 e. The second-order valence-corrected chi connectivity index (χ2v) is 5.33. The van der Waals surface area contributed by atoms with Crippen LogP contribution >= 0.6 is 0 Å². The van der Waals surface area contributed by atoms with Gasteiger partial charge in [-0.05, 0) is 29.8 Å². The smallest absolute Gasteiger partial charge is 0.422 e. The van der Waals surface area contributed by atoms with Crippen molar-refractivity contribution in [2.75, 3.05) is 20.8 Å². The van der Waals surface area contributed by atoms with E-state index in [1.54, 1.807) is 30.3 Å². The number of rotatable bonds is 7. The zero-order chi connectivity index (χ0) is 19.2. The van der Waals surface area contributed by atoms with Crippen molar-refractivity contribution in [1.82, 2.24) is 5.32 Å². The number of hydrogen-bond donors (Lipinski definition) is 1. The molecule has 0 bridgehead atoms. The van der Waals surface area contributed by atoms with Gasteiger partial charge in [-0.1, -0.05) is 12.1 Å². The number of alkyl halides is 3. The minimum absolute atomic E-state index is 0.106. The molecule has 0 aliphatic carbocycles. The molecule has 0 saturated heterocycles. The number of hydrogen-bond acceptors (Lipinski definition) is 4. The molecule has 5 nitrogen and oxygen atoms in total. The molecule has 0 aromatic heterocycles. The van der Waals surface area contributed by atoms with Gasteiger partial charge in [0.15, 0.2) is 6.61 Å². The van der Waals surface area contributed by atoms with Crippen LogP contribution in [0.3, 0.4) is 0 Å². The fraction of sp³-hybridized carbons (Fsp3) is 0.278. The summed E-state index contributed by atoms with van der Waals surface area (Å²) in [6, 6.07) is 10.8. The fourth-order valence-electron chi connectivity index (χ4n) is 2.09. The van der Waals surface area contributed by atoms with Crippen LogP contribution in [0.25, 0.3) is 0 Å². The van der Waals surface area contributed by atoms with Crippen LogP contribution in [-0.4, -0.2) is 32.9 Å². The molecule has 26 heavy (non-hydrogen) atoms. The van der Waals surface area contributed by atoms with Gasteiger partial charge in [-0.3, -0.25) is 4.79 Å². The maximum absolute atomic E-state index is 12.3. The number of benzene rings is 2. The molecule has 140 valence electrons. The highest BCUT2D eigenvalue weighted by molar-refractivity contribution is 5.95. The molecule has 0 unspecified atom stereocenters. The number of amides is 1. The summed E-state index contributed by atoms with van der Waals surface area (Å²) in [5.41, 5.74) is 1.08. The SMILES string of the molecule is COc1cc(OC)cc(C(=O)NCc2ccc(OCC(F)(F)F)cc2)c1. The van der Waals surface area contributed by atoms with E-state index in [1.165, 1.54) is 26.4 Å². The quantitative estimate of drug-likeness (QED) is 0.811. The van der Waals surface area contributed by atoms with Crippen molar-refractivity contribution in [3.05, 3.63) is 53.6 Å². The van der Waals surface area contributed by atoms with E-state index in [9.17, 15) is 18.0 Å². The van der Waals surface area contributed by atoms with Gasteiger partial charge in [-0.15, -0.1) is 0 Å². The molecule has 8 heteroatoms. The second-order valence-electron chi connectivity index (χ2n) is 5.33. The first kappa shape index (κ1) is 19.4. The molecule has 0 fully saturated rings. The van der Waals surface area contributed by atoms with Crippen LogP contribution in [0.15, 0.2) is 42.5 Å². The molecular formula is C18H18F3NO4. The summed E-state index contributed by atoms with van der Waals surface area (Å²) in [5, 5.41) is 2.72. The Morgan fingerprint density at radius 3 is 2.04 bits per heavy atom. The Labute approximate surface area is 148 Å². The topological polar surface area (TPSA) is 56.8 Å². The van der Waals surface area contributed by atoms with Gasteiger partial charge in [-0.2, -0.15) is 13.2 Å². The van der Waals surface area contributed by atoms with Crippen LogP contribution in [-0.2, 0) is 6.54 Å². The number of ether oxygens (including phenoxy) is 3. The molecule has 2 aromatic rings. The van der Waals surface area contributed by atoms with Gasteiger partial charge < -0.3 is 19.5 Å². The molecule has 1 N–H and O–H groups in total. The van der Waals surface area contributed by atoms with E-state index in [-0.39, 0.29) is 18.2 Å². The first-order valence-electron chi connectivity index (χ1n) is 7.60. The molecule has 0 heterocycles. The molecule has 0 radical (unpaired) electrons. The second kappa shape index (κ2) is 8.46. The van der Waals surface area contributed by atoms with Crippen LogP contribution in [0.2, 0.25) is 0 Å².